The van der Waals surface area contributed by atoms with Gasteiger partial charge in [0.25, 0.3) is 15.9 Å². The molecule has 37 heavy (non-hydrogen) atoms. The third-order valence-electron chi connectivity index (χ3n) is 5.77. The summed E-state index contributed by atoms with van der Waals surface area (Å²) in [5.41, 5.74) is 3.59. The lowest BCUT2D eigenvalue weighted by Gasteiger charge is -2.26. The van der Waals surface area contributed by atoms with E-state index in [1.54, 1.807) is 54.6 Å². The van der Waals surface area contributed by atoms with E-state index < -0.39 is 10.0 Å². The second-order valence-corrected chi connectivity index (χ2v) is 10.6. The van der Waals surface area contributed by atoms with Crippen LogP contribution in [0.1, 0.15) is 27.0 Å². The molecular weight excluding hydrogens is 484 g/mol. The molecule has 190 valence electrons. The molecule has 1 amide bonds. The summed E-state index contributed by atoms with van der Waals surface area (Å²) < 4.78 is 34.6. The summed E-state index contributed by atoms with van der Waals surface area (Å²) in [5.74, 6) is 0.371. The molecule has 0 bridgehead atoms. The number of ether oxygens (including phenoxy) is 1. The molecule has 0 aliphatic heterocycles. The number of nitrogens with one attached hydrogen (secondary N) is 1. The van der Waals surface area contributed by atoms with Crippen molar-refractivity contribution in [3.63, 3.8) is 0 Å². The molecule has 0 radical (unpaired) electrons. The molecule has 6 nitrogen and oxygen atoms in total. The average Bonchev–Trinajstić information content (AvgIpc) is 2.90. The zero-order valence-corrected chi connectivity index (χ0v) is 21.7. The predicted octanol–water partition coefficient (Wildman–Crippen LogP) is 5.51. The van der Waals surface area contributed by atoms with E-state index in [9.17, 15) is 13.2 Å². The fourth-order valence-electron chi connectivity index (χ4n) is 4.10. The zero-order valence-electron chi connectivity index (χ0n) is 20.9. The average molecular weight is 515 g/mol. The van der Waals surface area contributed by atoms with Gasteiger partial charge in [-0.05, 0) is 66.9 Å². The van der Waals surface area contributed by atoms with Gasteiger partial charge in [-0.2, -0.15) is 0 Å². The Kier molecular flexibility index (Phi) is 8.25. The monoisotopic (exact) mass is 514 g/mol. The van der Waals surface area contributed by atoms with Gasteiger partial charge in [-0.15, -0.1) is 0 Å². The number of hydrogen-bond acceptors (Lipinski definition) is 4. The molecule has 0 saturated carbocycles. The maximum absolute atomic E-state index is 13.8. The molecule has 0 unspecified atom stereocenters. The van der Waals surface area contributed by atoms with Gasteiger partial charge >= 0.3 is 0 Å². The van der Waals surface area contributed by atoms with Crippen LogP contribution in [0.25, 0.3) is 0 Å². The zero-order chi connectivity index (χ0) is 26.3. The number of hydrogen-bond donors (Lipinski definition) is 1. The van der Waals surface area contributed by atoms with E-state index in [0.29, 0.717) is 5.69 Å². The van der Waals surface area contributed by atoms with Gasteiger partial charge in [0, 0.05) is 0 Å². The first-order valence-electron chi connectivity index (χ1n) is 12.0. The number of amides is 1. The SMILES string of the molecule is Cc1cc(C)cc(OCCNC(=O)c2ccccc2N(Cc2ccccc2)S(=O)(=O)c2ccccc2)c1. The molecular formula is C30H30N2O4S. The highest BCUT2D eigenvalue weighted by Gasteiger charge is 2.28. The summed E-state index contributed by atoms with van der Waals surface area (Å²) >= 11 is 0. The van der Waals surface area contributed by atoms with Crippen LogP contribution in [0, 0.1) is 13.8 Å². The first kappa shape index (κ1) is 26.0. The van der Waals surface area contributed by atoms with E-state index in [1.165, 1.54) is 4.31 Å². The summed E-state index contributed by atoms with van der Waals surface area (Å²) in [6.07, 6.45) is 0. The Labute approximate surface area is 218 Å². The molecule has 4 aromatic carbocycles. The second kappa shape index (κ2) is 11.8. The fraction of sp³-hybridized carbons (Fsp3) is 0.167. The molecule has 0 aromatic heterocycles. The number of rotatable bonds is 10. The van der Waals surface area contributed by atoms with Gasteiger partial charge in [-0.1, -0.05) is 66.7 Å². The minimum Gasteiger partial charge on any atom is -0.492 e. The van der Waals surface area contributed by atoms with Crippen LogP contribution in [-0.2, 0) is 16.6 Å². The van der Waals surface area contributed by atoms with Gasteiger partial charge in [0.05, 0.1) is 29.2 Å². The highest BCUT2D eigenvalue weighted by molar-refractivity contribution is 7.92. The Morgan fingerprint density at radius 2 is 1.41 bits per heavy atom. The summed E-state index contributed by atoms with van der Waals surface area (Å²) in [7, 11) is -3.95. The number of benzene rings is 4. The Morgan fingerprint density at radius 3 is 2.08 bits per heavy atom. The molecule has 4 aromatic rings. The number of carbonyl (C=O) groups excluding carboxylic acids is 1. The summed E-state index contributed by atoms with van der Waals surface area (Å²) in [5, 5.41) is 2.86. The number of sulfonamides is 1. The van der Waals surface area contributed by atoms with Crippen molar-refractivity contribution in [2.24, 2.45) is 0 Å². The lowest BCUT2D eigenvalue weighted by atomic mass is 10.1. The third-order valence-corrected chi connectivity index (χ3v) is 7.54. The molecule has 0 atom stereocenters. The number of carbonyl (C=O) groups is 1. The summed E-state index contributed by atoms with van der Waals surface area (Å²) in [6.45, 7) is 4.64. The predicted molar refractivity (Wildman–Crippen MR) is 146 cm³/mol. The van der Waals surface area contributed by atoms with E-state index >= 15 is 0 Å². The Morgan fingerprint density at radius 1 is 0.811 bits per heavy atom. The van der Waals surface area contributed by atoms with Crippen molar-refractivity contribution in [1.29, 1.82) is 0 Å². The number of aryl methyl sites for hydroxylation is 2. The fourth-order valence-corrected chi connectivity index (χ4v) is 5.59. The maximum Gasteiger partial charge on any atom is 0.264 e. The van der Waals surface area contributed by atoms with E-state index in [0.717, 1.165) is 22.4 Å². The summed E-state index contributed by atoms with van der Waals surface area (Å²) in [6, 6.07) is 30.3. The second-order valence-electron chi connectivity index (χ2n) is 8.76. The van der Waals surface area contributed by atoms with Crippen LogP contribution in [0.4, 0.5) is 5.69 Å². The van der Waals surface area contributed by atoms with E-state index in [2.05, 4.69) is 11.4 Å². The highest BCUT2D eigenvalue weighted by atomic mass is 32.2. The van der Waals surface area contributed by atoms with Crippen molar-refractivity contribution in [2.45, 2.75) is 25.3 Å². The molecule has 0 aliphatic carbocycles. The van der Waals surface area contributed by atoms with Crippen molar-refractivity contribution in [1.82, 2.24) is 5.32 Å². The normalized spacial score (nSPS) is 11.1. The van der Waals surface area contributed by atoms with Gasteiger partial charge in [-0.25, -0.2) is 8.42 Å². The lowest BCUT2D eigenvalue weighted by molar-refractivity contribution is 0.0947. The maximum atomic E-state index is 13.8. The Bertz CT molecular complexity index is 1440. The third kappa shape index (κ3) is 6.57. The van der Waals surface area contributed by atoms with Gasteiger partial charge in [0.2, 0.25) is 0 Å². The largest absolute Gasteiger partial charge is 0.492 e. The van der Waals surface area contributed by atoms with Crippen LogP contribution in [0.2, 0.25) is 0 Å². The van der Waals surface area contributed by atoms with Crippen LogP contribution in [0.3, 0.4) is 0 Å². The standard InChI is InChI=1S/C30H30N2O4S/c1-23-19-24(2)21-26(20-23)36-18-17-31-30(33)28-15-9-10-16-29(28)32(22-25-11-5-3-6-12-25)37(34,35)27-13-7-4-8-14-27/h3-16,19-21H,17-18,22H2,1-2H3,(H,31,33). The van der Waals surface area contributed by atoms with Crippen LogP contribution in [-0.4, -0.2) is 27.5 Å². The molecule has 1 N–H and O–H groups in total. The molecule has 7 heteroatoms. The van der Waals surface area contributed by atoms with Gasteiger partial charge in [0.1, 0.15) is 12.4 Å². The molecule has 4 rings (SSSR count). The Hall–Kier alpha value is -4.10. The van der Waals surface area contributed by atoms with Gasteiger partial charge in [0.15, 0.2) is 0 Å². The number of anilines is 1. The number of para-hydroxylation sites is 1. The van der Waals surface area contributed by atoms with Crippen molar-refractivity contribution >= 4 is 21.6 Å². The first-order chi connectivity index (χ1) is 17.8. The lowest BCUT2D eigenvalue weighted by Crippen LogP contribution is -2.34. The van der Waals surface area contributed by atoms with E-state index in [1.807, 2.05) is 56.3 Å². The Balaban J connectivity index is 1.57. The number of nitrogens with zero attached hydrogens (tertiary/aromatic N) is 1. The van der Waals surface area contributed by atoms with Crippen LogP contribution < -0.4 is 14.4 Å². The van der Waals surface area contributed by atoms with Crippen molar-refractivity contribution < 1.29 is 17.9 Å². The van der Waals surface area contributed by atoms with Crippen LogP contribution >= 0.6 is 0 Å². The van der Waals surface area contributed by atoms with Crippen molar-refractivity contribution in [3.05, 3.63) is 125 Å². The molecule has 0 fully saturated rings. The van der Waals surface area contributed by atoms with Crippen molar-refractivity contribution in [3.8, 4) is 5.75 Å². The molecule has 0 heterocycles. The molecule has 0 aliphatic rings. The smallest absolute Gasteiger partial charge is 0.264 e. The van der Waals surface area contributed by atoms with Gasteiger partial charge in [-0.3, -0.25) is 9.10 Å². The topological polar surface area (TPSA) is 75.7 Å². The first-order valence-corrected chi connectivity index (χ1v) is 13.5. The minimum atomic E-state index is -3.95. The van der Waals surface area contributed by atoms with Gasteiger partial charge < -0.3 is 10.1 Å². The quantitative estimate of drug-likeness (QED) is 0.283. The van der Waals surface area contributed by atoms with E-state index in [4.69, 9.17) is 4.74 Å². The molecule has 0 saturated heterocycles. The minimum absolute atomic E-state index is 0.0815. The highest BCUT2D eigenvalue weighted by Crippen LogP contribution is 2.29. The van der Waals surface area contributed by atoms with Crippen LogP contribution in [0.5, 0.6) is 5.75 Å². The van der Waals surface area contributed by atoms with E-state index in [-0.39, 0.29) is 36.1 Å². The molecule has 0 spiro atoms. The van der Waals surface area contributed by atoms with Crippen molar-refractivity contribution in [2.75, 3.05) is 17.5 Å². The summed E-state index contributed by atoms with van der Waals surface area (Å²) in [4.78, 5) is 13.4. The van der Waals surface area contributed by atoms with Crippen LogP contribution in [0.15, 0.2) is 108 Å².